The number of aromatic nitrogens is 1. The average molecular weight is 383 g/mol. The first kappa shape index (κ1) is 18.6. The van der Waals surface area contributed by atoms with Crippen LogP contribution in [-0.4, -0.2) is 24.3 Å². The van der Waals surface area contributed by atoms with Crippen molar-refractivity contribution in [2.45, 2.75) is 11.8 Å². The number of sulfone groups is 1. The molecular formula is C20H17NO5S. The van der Waals surface area contributed by atoms with Gasteiger partial charge in [0, 0.05) is 6.08 Å². The predicted molar refractivity (Wildman–Crippen MR) is 104 cm³/mol. The first-order valence-electron chi connectivity index (χ1n) is 8.20. The van der Waals surface area contributed by atoms with Crippen LogP contribution in [0.1, 0.15) is 18.2 Å². The second-order valence-corrected chi connectivity index (χ2v) is 8.01. The van der Waals surface area contributed by atoms with Gasteiger partial charge >= 0.3 is 5.63 Å². The molecule has 0 spiro atoms. The summed E-state index contributed by atoms with van der Waals surface area (Å²) in [5.41, 5.74) is 0.420. The maximum Gasteiger partial charge on any atom is 0.362 e. The number of aliphatic hydroxyl groups is 1. The van der Waals surface area contributed by atoms with Gasteiger partial charge in [-0.15, -0.1) is 0 Å². The van der Waals surface area contributed by atoms with E-state index in [0.717, 1.165) is 5.56 Å². The van der Waals surface area contributed by atoms with Crippen molar-refractivity contribution < 1.29 is 17.9 Å². The van der Waals surface area contributed by atoms with Crippen LogP contribution >= 0.6 is 0 Å². The molecule has 0 aliphatic carbocycles. The summed E-state index contributed by atoms with van der Waals surface area (Å²) in [5, 5.41) is 10.0. The molecule has 27 heavy (non-hydrogen) atoms. The minimum absolute atomic E-state index is 0.0485. The van der Waals surface area contributed by atoms with Crippen molar-refractivity contribution in [3.05, 3.63) is 82.0 Å². The number of fused-ring (bicyclic) bond motifs is 1. The number of hydrogen-bond donors (Lipinski definition) is 1. The van der Waals surface area contributed by atoms with Crippen LogP contribution in [0.25, 0.3) is 23.3 Å². The Labute approximate surface area is 156 Å². The first-order chi connectivity index (χ1) is 12.9. The molecule has 0 aliphatic heterocycles. The molecule has 6 nitrogen and oxygen atoms in total. The highest BCUT2D eigenvalue weighted by molar-refractivity contribution is 7.91. The Bertz CT molecular complexity index is 1190. The molecule has 0 fully saturated rings. The zero-order valence-corrected chi connectivity index (χ0v) is 15.3. The van der Waals surface area contributed by atoms with Crippen LogP contribution in [0.15, 0.2) is 74.5 Å². The third-order valence-electron chi connectivity index (χ3n) is 3.85. The lowest BCUT2D eigenvalue weighted by atomic mass is 10.2. The Kier molecular flexibility index (Phi) is 5.23. The standard InChI is InChI=1S/C20H17NO5S/c1-2-27(24,25)16-10-11-19-17(13-16)21-18(20(23)26-19)12-15(22)9-8-14-6-4-3-5-7-14/h3-13,22H,2H2,1H3/b9-8+,15-12+. The molecule has 0 aliphatic rings. The van der Waals surface area contributed by atoms with Gasteiger partial charge in [-0.1, -0.05) is 43.3 Å². The van der Waals surface area contributed by atoms with Gasteiger partial charge in [0.1, 0.15) is 11.3 Å². The summed E-state index contributed by atoms with van der Waals surface area (Å²) in [6, 6.07) is 13.5. The third-order valence-corrected chi connectivity index (χ3v) is 5.59. The molecule has 7 heteroatoms. The van der Waals surface area contributed by atoms with E-state index in [4.69, 9.17) is 4.42 Å². The second kappa shape index (κ2) is 7.59. The normalized spacial score (nSPS) is 12.7. The minimum atomic E-state index is -3.41. The van der Waals surface area contributed by atoms with E-state index in [1.165, 1.54) is 30.4 Å². The summed E-state index contributed by atoms with van der Waals surface area (Å²) in [4.78, 5) is 16.3. The van der Waals surface area contributed by atoms with E-state index in [9.17, 15) is 18.3 Å². The summed E-state index contributed by atoms with van der Waals surface area (Å²) >= 11 is 0. The predicted octanol–water partition coefficient (Wildman–Crippen LogP) is 3.59. The number of rotatable bonds is 5. The topological polar surface area (TPSA) is 97.5 Å². The van der Waals surface area contributed by atoms with Crippen LogP contribution < -0.4 is 5.63 Å². The van der Waals surface area contributed by atoms with E-state index in [1.54, 1.807) is 13.0 Å². The summed E-state index contributed by atoms with van der Waals surface area (Å²) in [5.74, 6) is -0.233. The highest BCUT2D eigenvalue weighted by Crippen LogP contribution is 2.18. The van der Waals surface area contributed by atoms with Crippen LogP contribution in [0, 0.1) is 0 Å². The Hall–Kier alpha value is -3.19. The van der Waals surface area contributed by atoms with Gasteiger partial charge in [-0.25, -0.2) is 18.2 Å². The van der Waals surface area contributed by atoms with Gasteiger partial charge in [0.15, 0.2) is 21.1 Å². The fourth-order valence-electron chi connectivity index (χ4n) is 2.38. The molecule has 0 amide bonds. The maximum absolute atomic E-state index is 12.1. The lowest BCUT2D eigenvalue weighted by Gasteiger charge is -2.03. The third kappa shape index (κ3) is 4.32. The molecule has 0 radical (unpaired) electrons. The highest BCUT2D eigenvalue weighted by atomic mass is 32.2. The lowest BCUT2D eigenvalue weighted by Crippen LogP contribution is -2.08. The molecule has 0 unspecified atom stereocenters. The number of hydrogen-bond acceptors (Lipinski definition) is 6. The Morgan fingerprint density at radius 2 is 1.93 bits per heavy atom. The number of benzene rings is 2. The number of nitrogens with zero attached hydrogens (tertiary/aromatic N) is 1. The van der Waals surface area contributed by atoms with Gasteiger partial charge in [-0.3, -0.25) is 0 Å². The molecular weight excluding hydrogens is 366 g/mol. The molecule has 0 saturated heterocycles. The quantitative estimate of drug-likeness (QED) is 0.534. The molecule has 1 N–H and O–H groups in total. The van der Waals surface area contributed by atoms with Crippen molar-refractivity contribution in [2.75, 3.05) is 5.75 Å². The Morgan fingerprint density at radius 3 is 2.63 bits per heavy atom. The fourth-order valence-corrected chi connectivity index (χ4v) is 3.28. The zero-order chi connectivity index (χ0) is 19.4. The van der Waals surface area contributed by atoms with Gasteiger partial charge in [0.05, 0.1) is 10.6 Å². The fraction of sp³-hybridized carbons (Fsp3) is 0.100. The van der Waals surface area contributed by atoms with Crippen molar-refractivity contribution in [1.82, 2.24) is 4.98 Å². The molecule has 0 saturated carbocycles. The zero-order valence-electron chi connectivity index (χ0n) is 14.5. The maximum atomic E-state index is 12.1. The van der Waals surface area contributed by atoms with Crippen LogP contribution in [0.5, 0.6) is 0 Å². The Morgan fingerprint density at radius 1 is 1.19 bits per heavy atom. The number of aliphatic hydroxyl groups excluding tert-OH is 1. The molecule has 1 aromatic heterocycles. The van der Waals surface area contributed by atoms with E-state index in [0.29, 0.717) is 0 Å². The summed E-state index contributed by atoms with van der Waals surface area (Å²) < 4.78 is 29.2. The molecule has 0 bridgehead atoms. The van der Waals surface area contributed by atoms with Crippen LogP contribution in [0.4, 0.5) is 0 Å². The van der Waals surface area contributed by atoms with E-state index < -0.39 is 15.5 Å². The highest BCUT2D eigenvalue weighted by Gasteiger charge is 2.14. The van der Waals surface area contributed by atoms with Crippen molar-refractivity contribution in [1.29, 1.82) is 0 Å². The molecule has 1 heterocycles. The number of allylic oxidation sites excluding steroid dienone is 1. The van der Waals surface area contributed by atoms with Gasteiger partial charge in [0.25, 0.3) is 0 Å². The van der Waals surface area contributed by atoms with E-state index >= 15 is 0 Å². The van der Waals surface area contributed by atoms with Crippen molar-refractivity contribution in [2.24, 2.45) is 0 Å². The summed E-state index contributed by atoms with van der Waals surface area (Å²) in [6.45, 7) is 1.54. The van der Waals surface area contributed by atoms with E-state index in [-0.39, 0.29) is 33.2 Å². The van der Waals surface area contributed by atoms with Gasteiger partial charge < -0.3 is 9.52 Å². The van der Waals surface area contributed by atoms with Gasteiger partial charge in [-0.05, 0) is 29.8 Å². The van der Waals surface area contributed by atoms with E-state index in [1.807, 2.05) is 30.3 Å². The van der Waals surface area contributed by atoms with Gasteiger partial charge in [0.2, 0.25) is 0 Å². The lowest BCUT2D eigenvalue weighted by molar-refractivity contribution is 0.437. The summed E-state index contributed by atoms with van der Waals surface area (Å²) in [7, 11) is -3.41. The summed E-state index contributed by atoms with van der Waals surface area (Å²) in [6.07, 6.45) is 4.28. The SMILES string of the molecule is CCS(=O)(=O)c1ccc2oc(=O)c(/C=C(O)\C=C\c3ccccc3)nc2c1. The average Bonchev–Trinajstić information content (AvgIpc) is 2.67. The van der Waals surface area contributed by atoms with Crippen molar-refractivity contribution >= 4 is 33.1 Å². The van der Waals surface area contributed by atoms with Crippen LogP contribution in [0.3, 0.4) is 0 Å². The molecule has 2 aromatic carbocycles. The molecule has 3 rings (SSSR count). The monoisotopic (exact) mass is 383 g/mol. The molecule has 0 atom stereocenters. The second-order valence-electron chi connectivity index (χ2n) is 5.73. The first-order valence-corrected chi connectivity index (χ1v) is 9.86. The van der Waals surface area contributed by atoms with Crippen molar-refractivity contribution in [3.63, 3.8) is 0 Å². The Balaban J connectivity index is 1.99. The van der Waals surface area contributed by atoms with Crippen LogP contribution in [-0.2, 0) is 9.84 Å². The van der Waals surface area contributed by atoms with E-state index in [2.05, 4.69) is 4.98 Å². The van der Waals surface area contributed by atoms with Crippen molar-refractivity contribution in [3.8, 4) is 0 Å². The largest absolute Gasteiger partial charge is 0.508 e. The minimum Gasteiger partial charge on any atom is -0.508 e. The van der Waals surface area contributed by atoms with Crippen LogP contribution in [0.2, 0.25) is 0 Å². The molecule has 3 aromatic rings. The smallest absolute Gasteiger partial charge is 0.362 e. The molecule has 138 valence electrons. The van der Waals surface area contributed by atoms with Gasteiger partial charge in [-0.2, -0.15) is 0 Å².